The Morgan fingerprint density at radius 3 is 2.45 bits per heavy atom. The third-order valence-electron chi connectivity index (χ3n) is 10.1. The molecule has 2 aliphatic rings. The van der Waals surface area contributed by atoms with Gasteiger partial charge in [0, 0.05) is 47.9 Å². The third-order valence-corrected chi connectivity index (χ3v) is 13.4. The Kier molecular flexibility index (Phi) is 16.8. The quantitative estimate of drug-likeness (QED) is 0.0996. The minimum absolute atomic E-state index is 0.0230. The standard InChI is InChI=1S/C36H56N2O10S3/c1-20-10-9-11-27-28(38(27)12-13-46-35(45)47-14-15-50-51-18-22(3)33(42)43)17-29(21(2)16-26-19-49-25(6)37-26)48-34(44)24(5)32(41)36(7,8)31(40)23(4)30(20)39/h16,19-20,22-24,27-30,32,39,41H,9-15,17-18H2,1-8H3,(H,42,43)/t20-,22?,23+,24?,27+,28-,29-,30-,32-,38?/m0/s1. The van der Waals surface area contributed by atoms with Gasteiger partial charge in [-0.25, -0.2) is 9.78 Å². The molecule has 2 saturated heterocycles. The van der Waals surface area contributed by atoms with Crippen LogP contribution in [0.5, 0.6) is 0 Å². The first-order valence-corrected chi connectivity index (χ1v) is 21.1. The molecule has 288 valence electrons. The zero-order valence-electron chi connectivity index (χ0n) is 31.0. The van der Waals surface area contributed by atoms with E-state index >= 15 is 0 Å². The van der Waals surface area contributed by atoms with Crippen LogP contribution in [0.15, 0.2) is 11.0 Å². The molecule has 12 nitrogen and oxygen atoms in total. The molecular weight excluding hydrogens is 717 g/mol. The van der Waals surface area contributed by atoms with Crippen molar-refractivity contribution in [1.29, 1.82) is 0 Å². The highest BCUT2D eigenvalue weighted by molar-refractivity contribution is 8.76. The Labute approximate surface area is 313 Å². The number of carbonyl (C=O) groups is 4. The number of carboxylic acids is 1. The maximum Gasteiger partial charge on any atom is 0.508 e. The van der Waals surface area contributed by atoms with Crippen molar-refractivity contribution < 1.29 is 48.7 Å². The van der Waals surface area contributed by atoms with E-state index in [4.69, 9.17) is 19.3 Å². The summed E-state index contributed by atoms with van der Waals surface area (Å²) in [7, 11) is 2.85. The zero-order chi connectivity index (χ0) is 38.0. The molecule has 3 rings (SSSR count). The number of cyclic esters (lactones) is 1. The van der Waals surface area contributed by atoms with Crippen LogP contribution >= 0.6 is 32.9 Å². The Hall–Kier alpha value is -2.17. The number of ether oxygens (including phenoxy) is 3. The topological polar surface area (TPSA) is 173 Å². The number of hydrogen-bond acceptors (Lipinski definition) is 14. The van der Waals surface area contributed by atoms with E-state index in [9.17, 15) is 29.4 Å². The van der Waals surface area contributed by atoms with Gasteiger partial charge in [0.1, 0.15) is 25.1 Å². The van der Waals surface area contributed by atoms with Gasteiger partial charge in [-0.05, 0) is 51.2 Å². The lowest BCUT2D eigenvalue weighted by molar-refractivity contribution is -0.162. The second-order valence-electron chi connectivity index (χ2n) is 14.5. The Morgan fingerprint density at radius 2 is 1.80 bits per heavy atom. The highest BCUT2D eigenvalue weighted by Crippen LogP contribution is 2.40. The van der Waals surface area contributed by atoms with E-state index in [2.05, 4.69) is 9.88 Å². The highest BCUT2D eigenvalue weighted by atomic mass is 33.1. The number of hydrogen-bond donors (Lipinski definition) is 3. The largest absolute Gasteiger partial charge is 0.508 e. The molecule has 3 heterocycles. The number of aliphatic hydroxyl groups excluding tert-OH is 2. The van der Waals surface area contributed by atoms with Crippen LogP contribution in [0, 0.1) is 36.0 Å². The maximum absolute atomic E-state index is 13.6. The molecule has 0 bridgehead atoms. The summed E-state index contributed by atoms with van der Waals surface area (Å²) in [6.07, 6.45) is 1.04. The molecule has 3 N–H and O–H groups in total. The van der Waals surface area contributed by atoms with Crippen LogP contribution < -0.4 is 0 Å². The van der Waals surface area contributed by atoms with Gasteiger partial charge in [-0.2, -0.15) is 0 Å². The smallest absolute Gasteiger partial charge is 0.481 e. The zero-order valence-corrected chi connectivity index (χ0v) is 33.5. The maximum atomic E-state index is 13.6. The number of carboxylic acid groups (broad SMARTS) is 1. The fourth-order valence-corrected chi connectivity index (χ4v) is 9.35. The van der Waals surface area contributed by atoms with Crippen molar-refractivity contribution in [3.63, 3.8) is 0 Å². The second kappa shape index (κ2) is 19.8. The van der Waals surface area contributed by atoms with E-state index in [-0.39, 0.29) is 37.0 Å². The lowest BCUT2D eigenvalue weighted by Gasteiger charge is -2.36. The first kappa shape index (κ1) is 43.2. The van der Waals surface area contributed by atoms with Gasteiger partial charge >= 0.3 is 18.1 Å². The molecule has 0 saturated carbocycles. The average Bonchev–Trinajstić information content (AvgIpc) is 3.55. The minimum atomic E-state index is -1.33. The van der Waals surface area contributed by atoms with Crippen LogP contribution in [0.4, 0.5) is 4.79 Å². The molecule has 2 aliphatic heterocycles. The molecule has 51 heavy (non-hydrogen) atoms. The fourth-order valence-electron chi connectivity index (χ4n) is 6.61. The van der Waals surface area contributed by atoms with Gasteiger partial charge in [0.25, 0.3) is 0 Å². The van der Waals surface area contributed by atoms with Gasteiger partial charge in [0.15, 0.2) is 0 Å². The van der Waals surface area contributed by atoms with Crippen LogP contribution in [-0.4, -0.2) is 111 Å². The number of ketones is 1. The predicted molar refractivity (Wildman–Crippen MR) is 200 cm³/mol. The molecule has 1 aromatic rings. The van der Waals surface area contributed by atoms with E-state index < -0.39 is 59.6 Å². The van der Waals surface area contributed by atoms with Crippen LogP contribution in [0.3, 0.4) is 0 Å². The normalized spacial score (nSPS) is 31.3. The summed E-state index contributed by atoms with van der Waals surface area (Å²) in [5.41, 5.74) is 0.269. The predicted octanol–water partition coefficient (Wildman–Crippen LogP) is 5.87. The second-order valence-corrected chi connectivity index (χ2v) is 18.2. The van der Waals surface area contributed by atoms with Crippen molar-refractivity contribution >= 4 is 62.9 Å². The monoisotopic (exact) mass is 772 g/mol. The first-order chi connectivity index (χ1) is 23.9. The molecule has 0 amide bonds. The molecule has 0 spiro atoms. The SMILES string of the molecule is CC(=Cc1csc(C)n1)[C@@H]1C[C@H]2[C@@H](CCC[C@H](C)[C@H](O)[C@@H](C)C(=O)C(C)(C)[C@@H](O)C(C)C(=O)O1)N2CCOC(=O)OCCSSCC(C)C(=O)O. The van der Waals surface area contributed by atoms with Crippen molar-refractivity contribution in [3.8, 4) is 0 Å². The fraction of sp³-hybridized carbons (Fsp3) is 0.750. The summed E-state index contributed by atoms with van der Waals surface area (Å²) in [6, 6.07) is 0.148. The Morgan fingerprint density at radius 1 is 1.12 bits per heavy atom. The summed E-state index contributed by atoms with van der Waals surface area (Å²) in [5, 5.41) is 34.3. The van der Waals surface area contributed by atoms with E-state index in [1.807, 2.05) is 32.2 Å². The highest BCUT2D eigenvalue weighted by Gasteiger charge is 2.49. The van der Waals surface area contributed by atoms with E-state index in [0.717, 1.165) is 29.1 Å². The van der Waals surface area contributed by atoms with Crippen molar-refractivity contribution in [1.82, 2.24) is 9.88 Å². The number of carbonyl (C=O) groups excluding carboxylic acids is 3. The van der Waals surface area contributed by atoms with Gasteiger partial charge in [0.05, 0.1) is 40.2 Å². The molecule has 0 aliphatic carbocycles. The number of rotatable bonds is 12. The van der Waals surface area contributed by atoms with Gasteiger partial charge in [-0.1, -0.05) is 62.6 Å². The number of thiazole rings is 1. The average molecular weight is 773 g/mol. The number of aryl methyl sites for hydroxylation is 1. The van der Waals surface area contributed by atoms with Crippen LogP contribution in [-0.2, 0) is 28.6 Å². The molecule has 2 fully saturated rings. The summed E-state index contributed by atoms with van der Waals surface area (Å²) >= 11 is 1.52. The summed E-state index contributed by atoms with van der Waals surface area (Å²) in [4.78, 5) is 57.2. The summed E-state index contributed by atoms with van der Waals surface area (Å²) < 4.78 is 16.7. The van der Waals surface area contributed by atoms with Crippen molar-refractivity contribution in [2.45, 2.75) is 111 Å². The summed E-state index contributed by atoms with van der Waals surface area (Å²) in [5.74, 6) is -3.16. The number of nitrogens with zero attached hydrogens (tertiary/aromatic N) is 2. The van der Waals surface area contributed by atoms with Gasteiger partial charge in [0.2, 0.25) is 0 Å². The first-order valence-electron chi connectivity index (χ1n) is 17.7. The lowest BCUT2D eigenvalue weighted by atomic mass is 9.71. The number of esters is 1. The number of aromatic nitrogens is 1. The van der Waals surface area contributed by atoms with Gasteiger partial charge in [-0.15, -0.1) is 11.3 Å². The van der Waals surface area contributed by atoms with E-state index in [1.165, 1.54) is 32.9 Å². The van der Waals surface area contributed by atoms with Gasteiger partial charge < -0.3 is 29.5 Å². The van der Waals surface area contributed by atoms with Gasteiger partial charge in [-0.3, -0.25) is 19.3 Å². The number of Topliss-reactive ketones (excluding diaryl/α,β-unsaturated/α-hetero) is 1. The number of aliphatic carboxylic acids is 1. The van der Waals surface area contributed by atoms with E-state index in [0.29, 0.717) is 30.9 Å². The van der Waals surface area contributed by atoms with Crippen LogP contribution in [0.25, 0.3) is 6.08 Å². The Bertz CT molecular complexity index is 1370. The van der Waals surface area contributed by atoms with E-state index in [1.54, 1.807) is 34.6 Å². The minimum Gasteiger partial charge on any atom is -0.481 e. The molecule has 1 aromatic heterocycles. The number of fused-ring (bicyclic) bond motifs is 1. The van der Waals surface area contributed by atoms with Crippen molar-refractivity contribution in [2.75, 3.05) is 31.3 Å². The molecule has 0 aromatic carbocycles. The third kappa shape index (κ3) is 12.4. The number of aliphatic hydroxyl groups is 2. The summed E-state index contributed by atoms with van der Waals surface area (Å²) in [6.45, 7) is 14.6. The molecule has 10 atom stereocenters. The van der Waals surface area contributed by atoms with Crippen LogP contribution in [0.2, 0.25) is 0 Å². The molecule has 3 unspecified atom stereocenters. The van der Waals surface area contributed by atoms with Crippen molar-refractivity contribution in [2.24, 2.45) is 29.1 Å². The molecule has 15 heteroatoms. The van der Waals surface area contributed by atoms with Crippen LogP contribution in [0.1, 0.15) is 84.9 Å². The lowest BCUT2D eigenvalue weighted by Crippen LogP contribution is -2.49. The molecule has 0 radical (unpaired) electrons. The Balaban J connectivity index is 1.72. The van der Waals surface area contributed by atoms with Crippen molar-refractivity contribution in [3.05, 3.63) is 21.7 Å². The molecular formula is C36H56N2O10S3.